The lowest BCUT2D eigenvalue weighted by Crippen LogP contribution is -2.23. The quantitative estimate of drug-likeness (QED) is 0.326. The van der Waals surface area contributed by atoms with Gasteiger partial charge in [-0.2, -0.15) is 10.2 Å². The summed E-state index contributed by atoms with van der Waals surface area (Å²) in [7, 11) is 0. The zero-order valence-electron chi connectivity index (χ0n) is 20.6. The van der Waals surface area contributed by atoms with Gasteiger partial charge in [-0.15, -0.1) is 5.10 Å². The number of anilines is 2. The molecule has 4 aromatic heterocycles. The summed E-state index contributed by atoms with van der Waals surface area (Å²) in [4.78, 5) is 9.42. The number of pyridine rings is 2. The van der Waals surface area contributed by atoms with E-state index in [0.29, 0.717) is 12.7 Å². The van der Waals surface area contributed by atoms with Crippen LogP contribution in [0.15, 0.2) is 49.1 Å². The van der Waals surface area contributed by atoms with E-state index < -0.39 is 0 Å². The van der Waals surface area contributed by atoms with Crippen LogP contribution in [0.4, 0.5) is 11.6 Å². The zero-order chi connectivity index (χ0) is 24.2. The first-order chi connectivity index (χ1) is 17.8. The topological polar surface area (TPSA) is 90.6 Å². The molecule has 0 saturated heterocycles. The summed E-state index contributed by atoms with van der Waals surface area (Å²) in [6, 6.07) is 8.08. The van der Waals surface area contributed by atoms with E-state index >= 15 is 0 Å². The summed E-state index contributed by atoms with van der Waals surface area (Å²) >= 11 is 0. The van der Waals surface area contributed by atoms with E-state index in [1.165, 1.54) is 56.9 Å². The largest absolute Gasteiger partial charge is 0.376 e. The van der Waals surface area contributed by atoms with Crippen molar-refractivity contribution in [3.8, 4) is 11.1 Å². The fraction of sp³-hybridized carbons (Fsp3) is 0.464. The maximum absolute atomic E-state index is 5.86. The standard InChI is InChI=1S/C28H33N7O/c1-2-5-20(6-3-1)13-21-14-28(34-30-16-21)33-27-10-9-25-26(32-27)15-22(17-29-25)23-18-31-35(19-23)11-12-36-24-7-4-8-24/h9-10,14-20,24H,1-8,11-13H2,(H,32,33,34). The number of ether oxygens (including phenoxy) is 1. The molecule has 0 atom stereocenters. The van der Waals surface area contributed by atoms with Gasteiger partial charge >= 0.3 is 0 Å². The van der Waals surface area contributed by atoms with Gasteiger partial charge in [0.05, 0.1) is 42.7 Å². The highest BCUT2D eigenvalue weighted by molar-refractivity contribution is 5.81. The van der Waals surface area contributed by atoms with Gasteiger partial charge < -0.3 is 10.1 Å². The van der Waals surface area contributed by atoms with Gasteiger partial charge in [-0.05, 0) is 61.4 Å². The van der Waals surface area contributed by atoms with Crippen molar-refractivity contribution < 1.29 is 4.74 Å². The van der Waals surface area contributed by atoms with Crippen molar-refractivity contribution >= 4 is 22.7 Å². The summed E-state index contributed by atoms with van der Waals surface area (Å²) in [5, 5.41) is 16.3. The van der Waals surface area contributed by atoms with E-state index in [2.05, 4.69) is 37.7 Å². The fourth-order valence-electron chi connectivity index (χ4n) is 5.15. The Morgan fingerprint density at radius 3 is 2.67 bits per heavy atom. The molecular weight excluding hydrogens is 450 g/mol. The second kappa shape index (κ2) is 10.7. The van der Waals surface area contributed by atoms with Gasteiger partial charge in [-0.3, -0.25) is 9.67 Å². The minimum atomic E-state index is 0.448. The number of nitrogens with one attached hydrogen (secondary N) is 1. The number of hydrogen-bond acceptors (Lipinski definition) is 7. The summed E-state index contributed by atoms with van der Waals surface area (Å²) in [5.41, 5.74) is 4.92. The lowest BCUT2D eigenvalue weighted by Gasteiger charge is -2.25. The molecular formula is C28H33N7O. The van der Waals surface area contributed by atoms with E-state index in [4.69, 9.17) is 9.72 Å². The molecule has 4 aromatic rings. The Morgan fingerprint density at radius 1 is 0.889 bits per heavy atom. The Kier molecular flexibility index (Phi) is 6.85. The van der Waals surface area contributed by atoms with Crippen LogP contribution >= 0.6 is 0 Å². The van der Waals surface area contributed by atoms with Crippen LogP contribution in [0.25, 0.3) is 22.2 Å². The number of fused-ring (bicyclic) bond motifs is 1. The zero-order valence-corrected chi connectivity index (χ0v) is 20.6. The molecule has 8 heteroatoms. The van der Waals surface area contributed by atoms with Crippen LogP contribution in [0.3, 0.4) is 0 Å². The van der Waals surface area contributed by atoms with Gasteiger partial charge in [0.25, 0.3) is 0 Å². The van der Waals surface area contributed by atoms with Gasteiger partial charge in [0, 0.05) is 23.5 Å². The van der Waals surface area contributed by atoms with Crippen molar-refractivity contribution in [2.75, 3.05) is 11.9 Å². The Labute approximate surface area is 211 Å². The third-order valence-electron chi connectivity index (χ3n) is 7.45. The molecule has 0 unspecified atom stereocenters. The third-order valence-corrected chi connectivity index (χ3v) is 7.45. The molecule has 0 radical (unpaired) electrons. The molecule has 0 amide bonds. The number of nitrogens with zero attached hydrogens (tertiary/aromatic N) is 6. The molecule has 4 heterocycles. The highest BCUT2D eigenvalue weighted by Gasteiger charge is 2.17. The molecule has 0 aromatic carbocycles. The molecule has 0 bridgehead atoms. The third kappa shape index (κ3) is 5.54. The highest BCUT2D eigenvalue weighted by Crippen LogP contribution is 2.28. The van der Waals surface area contributed by atoms with Gasteiger partial charge in [-0.25, -0.2) is 4.98 Å². The second-order valence-electron chi connectivity index (χ2n) is 10.2. The number of rotatable bonds is 9. The molecule has 0 spiro atoms. The minimum absolute atomic E-state index is 0.448. The van der Waals surface area contributed by atoms with Crippen molar-refractivity contribution in [1.29, 1.82) is 0 Å². The van der Waals surface area contributed by atoms with Crippen molar-refractivity contribution in [3.05, 3.63) is 54.6 Å². The Bertz CT molecular complexity index is 1310. The molecule has 36 heavy (non-hydrogen) atoms. The van der Waals surface area contributed by atoms with Crippen LogP contribution in [0.2, 0.25) is 0 Å². The van der Waals surface area contributed by atoms with E-state index in [1.54, 1.807) is 0 Å². The smallest absolute Gasteiger partial charge is 0.154 e. The van der Waals surface area contributed by atoms with Crippen molar-refractivity contribution in [2.24, 2.45) is 5.92 Å². The Balaban J connectivity index is 1.13. The predicted molar refractivity (Wildman–Crippen MR) is 140 cm³/mol. The fourth-order valence-corrected chi connectivity index (χ4v) is 5.15. The van der Waals surface area contributed by atoms with Crippen LogP contribution in [-0.2, 0) is 17.7 Å². The van der Waals surface area contributed by atoms with Gasteiger partial charge in [-0.1, -0.05) is 32.1 Å². The summed E-state index contributed by atoms with van der Waals surface area (Å²) in [6.07, 6.45) is 19.6. The highest BCUT2D eigenvalue weighted by atomic mass is 16.5. The average Bonchev–Trinajstić information content (AvgIpc) is 3.35. The van der Waals surface area contributed by atoms with Gasteiger partial charge in [0.1, 0.15) is 5.82 Å². The van der Waals surface area contributed by atoms with E-state index in [0.717, 1.165) is 52.7 Å². The maximum atomic E-state index is 5.86. The molecule has 2 aliphatic carbocycles. The van der Waals surface area contributed by atoms with Crippen LogP contribution in [-0.4, -0.2) is 42.7 Å². The summed E-state index contributed by atoms with van der Waals surface area (Å²) in [5.74, 6) is 2.22. The Hall–Kier alpha value is -3.39. The Morgan fingerprint density at radius 2 is 1.81 bits per heavy atom. The van der Waals surface area contributed by atoms with Crippen molar-refractivity contribution in [2.45, 2.75) is 70.4 Å². The first-order valence-corrected chi connectivity index (χ1v) is 13.3. The molecule has 8 nitrogen and oxygen atoms in total. The molecule has 2 aliphatic rings. The van der Waals surface area contributed by atoms with Crippen molar-refractivity contribution in [1.82, 2.24) is 29.9 Å². The van der Waals surface area contributed by atoms with E-state index in [-0.39, 0.29) is 0 Å². The first kappa shape index (κ1) is 23.0. The van der Waals surface area contributed by atoms with E-state index in [9.17, 15) is 0 Å². The molecule has 0 aliphatic heterocycles. The lowest BCUT2D eigenvalue weighted by molar-refractivity contribution is -0.00234. The normalized spacial score (nSPS) is 16.8. The lowest BCUT2D eigenvalue weighted by atomic mass is 9.85. The first-order valence-electron chi connectivity index (χ1n) is 13.3. The van der Waals surface area contributed by atoms with E-state index in [1.807, 2.05) is 41.6 Å². The monoisotopic (exact) mass is 483 g/mol. The van der Waals surface area contributed by atoms with Crippen LogP contribution in [0.1, 0.15) is 56.9 Å². The SMILES string of the molecule is c1nnc(Nc2ccc3ncc(-c4cnn(CCOC5CCC5)c4)cc3n2)cc1CC1CCCCC1. The van der Waals surface area contributed by atoms with Crippen molar-refractivity contribution in [3.63, 3.8) is 0 Å². The van der Waals surface area contributed by atoms with Gasteiger partial charge in [0.15, 0.2) is 5.82 Å². The summed E-state index contributed by atoms with van der Waals surface area (Å²) < 4.78 is 7.80. The average molecular weight is 484 g/mol. The maximum Gasteiger partial charge on any atom is 0.154 e. The molecule has 186 valence electrons. The number of hydrogen-bond donors (Lipinski definition) is 1. The molecule has 2 fully saturated rings. The molecule has 1 N–H and O–H groups in total. The summed E-state index contributed by atoms with van der Waals surface area (Å²) in [6.45, 7) is 1.45. The molecule has 6 rings (SSSR count). The number of aromatic nitrogens is 6. The van der Waals surface area contributed by atoms with Crippen LogP contribution in [0.5, 0.6) is 0 Å². The van der Waals surface area contributed by atoms with Gasteiger partial charge in [0.2, 0.25) is 0 Å². The molecule has 2 saturated carbocycles. The second-order valence-corrected chi connectivity index (χ2v) is 10.2. The van der Waals surface area contributed by atoms with Crippen LogP contribution < -0.4 is 5.32 Å². The predicted octanol–water partition coefficient (Wildman–Crippen LogP) is 5.72. The minimum Gasteiger partial charge on any atom is -0.376 e. The van der Waals surface area contributed by atoms with Crippen LogP contribution in [0, 0.1) is 5.92 Å².